The number of aromatic nitrogens is 4. The van der Waals surface area contributed by atoms with Gasteiger partial charge in [0.05, 0.1) is 26.4 Å². The van der Waals surface area contributed by atoms with E-state index in [1.165, 1.54) is 6.07 Å². The molecular formula is C26H29FN6O3. The van der Waals surface area contributed by atoms with E-state index < -0.39 is 0 Å². The van der Waals surface area contributed by atoms with Gasteiger partial charge in [-0.2, -0.15) is 0 Å². The Morgan fingerprint density at radius 3 is 2.81 bits per heavy atom. The van der Waals surface area contributed by atoms with Crippen molar-refractivity contribution in [2.45, 2.75) is 25.7 Å². The zero-order chi connectivity index (χ0) is 24.5. The second kappa shape index (κ2) is 9.94. The molecule has 0 spiro atoms. The summed E-state index contributed by atoms with van der Waals surface area (Å²) in [7, 11) is 0. The molecule has 0 N–H and O–H groups in total. The second-order valence-corrected chi connectivity index (χ2v) is 9.42. The van der Waals surface area contributed by atoms with Crippen molar-refractivity contribution in [1.82, 2.24) is 29.4 Å². The van der Waals surface area contributed by atoms with Crippen molar-refractivity contribution in [3.05, 3.63) is 59.1 Å². The van der Waals surface area contributed by atoms with Crippen LogP contribution in [0.1, 0.15) is 28.9 Å². The molecule has 9 nitrogen and oxygen atoms in total. The van der Waals surface area contributed by atoms with Crippen molar-refractivity contribution in [2.24, 2.45) is 0 Å². The van der Waals surface area contributed by atoms with Gasteiger partial charge in [0.25, 0.3) is 0 Å². The van der Waals surface area contributed by atoms with Crippen LogP contribution < -0.4 is 4.74 Å². The lowest BCUT2D eigenvalue weighted by molar-refractivity contribution is -0.133. The fraction of sp³-hybridized carbons (Fsp3) is 0.462. The van der Waals surface area contributed by atoms with Gasteiger partial charge >= 0.3 is 0 Å². The van der Waals surface area contributed by atoms with E-state index in [9.17, 15) is 9.18 Å². The van der Waals surface area contributed by atoms with Gasteiger partial charge in [0.2, 0.25) is 5.91 Å². The number of aryl methyl sites for hydroxylation is 1. The zero-order valence-electron chi connectivity index (χ0n) is 20.2. The van der Waals surface area contributed by atoms with E-state index >= 15 is 0 Å². The van der Waals surface area contributed by atoms with Crippen LogP contribution in [0.4, 0.5) is 4.39 Å². The predicted octanol–water partition coefficient (Wildman–Crippen LogP) is 1.93. The number of nitrogens with zero attached hydrogens (tertiary/aromatic N) is 6. The third-order valence-electron chi connectivity index (χ3n) is 7.32. The molecule has 0 bridgehead atoms. The molecule has 36 heavy (non-hydrogen) atoms. The summed E-state index contributed by atoms with van der Waals surface area (Å²) in [5.74, 6) is 1.52. The average Bonchev–Trinajstić information content (AvgIpc) is 3.59. The van der Waals surface area contributed by atoms with E-state index in [2.05, 4.69) is 21.2 Å². The number of carbonyl (C=O) groups is 1. The highest BCUT2D eigenvalue weighted by Crippen LogP contribution is 2.31. The summed E-state index contributed by atoms with van der Waals surface area (Å²) in [6.45, 7) is 5.25. The number of hydrogen-bond donors (Lipinski definition) is 0. The highest BCUT2D eigenvalue weighted by molar-refractivity contribution is 5.81. The molecule has 3 aliphatic heterocycles. The maximum atomic E-state index is 14.6. The Bertz CT molecular complexity index is 1320. The number of morpholine rings is 1. The lowest BCUT2D eigenvalue weighted by Gasteiger charge is -2.31. The normalized spacial score (nSPS) is 18.2. The van der Waals surface area contributed by atoms with Crippen molar-refractivity contribution in [3.8, 4) is 5.75 Å². The lowest BCUT2D eigenvalue weighted by Crippen LogP contribution is -2.45. The number of hydrogen-bond acceptors (Lipinski definition) is 7. The van der Waals surface area contributed by atoms with Crippen molar-refractivity contribution in [2.75, 3.05) is 52.5 Å². The van der Waals surface area contributed by atoms with E-state index in [0.29, 0.717) is 57.9 Å². The van der Waals surface area contributed by atoms with Gasteiger partial charge in [-0.1, -0.05) is 6.08 Å². The lowest BCUT2D eigenvalue weighted by atomic mass is 9.99. The third kappa shape index (κ3) is 4.46. The van der Waals surface area contributed by atoms with Crippen LogP contribution in [0.5, 0.6) is 5.75 Å². The van der Waals surface area contributed by atoms with Crippen LogP contribution in [0, 0.1) is 5.82 Å². The minimum Gasteiger partial charge on any atom is -0.493 e. The fourth-order valence-electron chi connectivity index (χ4n) is 5.29. The first-order valence-electron chi connectivity index (χ1n) is 12.6. The molecule has 2 aromatic heterocycles. The molecule has 0 atom stereocenters. The van der Waals surface area contributed by atoms with Crippen molar-refractivity contribution < 1.29 is 18.7 Å². The molecule has 188 valence electrons. The Hall–Kier alpha value is -3.37. The number of fused-ring (bicyclic) bond motifs is 2. The summed E-state index contributed by atoms with van der Waals surface area (Å²) in [6, 6.07) is 3.19. The van der Waals surface area contributed by atoms with Crippen LogP contribution in [-0.4, -0.2) is 87.8 Å². The zero-order valence-corrected chi connectivity index (χ0v) is 20.2. The van der Waals surface area contributed by atoms with E-state index in [1.54, 1.807) is 12.4 Å². The summed E-state index contributed by atoms with van der Waals surface area (Å²) in [5.41, 5.74) is 4.45. The van der Waals surface area contributed by atoms with Crippen LogP contribution in [0.2, 0.25) is 0 Å². The Kier molecular flexibility index (Phi) is 6.37. The van der Waals surface area contributed by atoms with Crippen LogP contribution >= 0.6 is 0 Å². The number of benzene rings is 1. The maximum absolute atomic E-state index is 14.6. The van der Waals surface area contributed by atoms with Gasteiger partial charge in [-0.05, 0) is 36.1 Å². The topological polar surface area (TPSA) is 85.1 Å². The maximum Gasteiger partial charge on any atom is 0.237 e. The quantitative estimate of drug-likeness (QED) is 0.520. The summed E-state index contributed by atoms with van der Waals surface area (Å²) >= 11 is 0. The van der Waals surface area contributed by atoms with Gasteiger partial charge in [0, 0.05) is 56.3 Å². The molecule has 3 aromatic rings. The number of carbonyl (C=O) groups excluding carboxylic acids is 1. The van der Waals surface area contributed by atoms with E-state index in [1.807, 2.05) is 15.5 Å². The first kappa shape index (κ1) is 23.1. The van der Waals surface area contributed by atoms with Crippen LogP contribution in [-0.2, 0) is 28.8 Å². The molecule has 1 amide bonds. The average molecular weight is 493 g/mol. The molecule has 6 rings (SSSR count). The minimum absolute atomic E-state index is 0.151. The van der Waals surface area contributed by atoms with Crippen molar-refractivity contribution in [1.29, 1.82) is 0 Å². The molecule has 10 heteroatoms. The Morgan fingerprint density at radius 2 is 1.97 bits per heavy atom. The largest absolute Gasteiger partial charge is 0.493 e. The molecule has 1 saturated heterocycles. The van der Waals surface area contributed by atoms with Crippen molar-refractivity contribution >= 4 is 17.1 Å². The fourth-order valence-corrected chi connectivity index (χ4v) is 5.29. The molecular weight excluding hydrogens is 463 g/mol. The van der Waals surface area contributed by atoms with Gasteiger partial charge in [0.15, 0.2) is 5.65 Å². The van der Waals surface area contributed by atoms with Crippen molar-refractivity contribution in [3.63, 3.8) is 0 Å². The van der Waals surface area contributed by atoms with Crippen LogP contribution in [0.15, 0.2) is 30.7 Å². The highest BCUT2D eigenvalue weighted by atomic mass is 19.1. The van der Waals surface area contributed by atoms with E-state index in [-0.39, 0.29) is 11.7 Å². The third-order valence-corrected chi connectivity index (χ3v) is 7.32. The summed E-state index contributed by atoms with van der Waals surface area (Å²) in [5, 5.41) is 8.48. The number of amides is 1. The summed E-state index contributed by atoms with van der Waals surface area (Å²) < 4.78 is 27.4. The smallest absolute Gasteiger partial charge is 0.237 e. The SMILES string of the molecule is O=C(CN1CCOCC1)N1CC=C(c2cnc(CCc3c(F)ccc4c3CCO4)n3cnnc23)CC1. The molecule has 5 heterocycles. The Balaban J connectivity index is 1.16. The first-order valence-corrected chi connectivity index (χ1v) is 12.6. The number of ether oxygens (including phenoxy) is 2. The molecule has 0 unspecified atom stereocenters. The van der Waals surface area contributed by atoms with Gasteiger partial charge in [-0.3, -0.25) is 14.1 Å². The predicted molar refractivity (Wildman–Crippen MR) is 130 cm³/mol. The molecule has 0 saturated carbocycles. The molecule has 1 fully saturated rings. The Labute approximate surface area is 208 Å². The Morgan fingerprint density at radius 1 is 1.08 bits per heavy atom. The van der Waals surface area contributed by atoms with E-state index in [0.717, 1.165) is 59.9 Å². The van der Waals surface area contributed by atoms with Gasteiger partial charge in [0.1, 0.15) is 23.7 Å². The first-order chi connectivity index (χ1) is 17.7. The summed E-state index contributed by atoms with van der Waals surface area (Å²) in [6.07, 6.45) is 8.15. The molecule has 3 aliphatic rings. The van der Waals surface area contributed by atoms with Crippen LogP contribution in [0.3, 0.4) is 0 Å². The van der Waals surface area contributed by atoms with E-state index in [4.69, 9.17) is 14.5 Å². The monoisotopic (exact) mass is 492 g/mol. The standard InChI is InChI=1S/C26H29FN6O3/c27-22-2-3-23-20(7-12-36-23)19(22)1-4-24-28-15-21(26-30-29-17-33(24)26)18-5-8-32(9-6-18)25(34)16-31-10-13-35-14-11-31/h2-3,5,15,17H,1,4,6-14,16H2. The number of halogens is 1. The number of rotatable bonds is 6. The van der Waals surface area contributed by atoms with Crippen LogP contribution in [0.25, 0.3) is 11.2 Å². The molecule has 0 radical (unpaired) electrons. The minimum atomic E-state index is -0.198. The van der Waals surface area contributed by atoms with Gasteiger partial charge in [-0.25, -0.2) is 9.37 Å². The van der Waals surface area contributed by atoms with Gasteiger partial charge < -0.3 is 14.4 Å². The molecule has 1 aromatic carbocycles. The summed E-state index contributed by atoms with van der Waals surface area (Å²) in [4.78, 5) is 21.5. The van der Waals surface area contributed by atoms with Gasteiger partial charge in [-0.15, -0.1) is 10.2 Å². The highest BCUT2D eigenvalue weighted by Gasteiger charge is 2.24. The second-order valence-electron chi connectivity index (χ2n) is 9.42. The molecule has 0 aliphatic carbocycles.